The van der Waals surface area contributed by atoms with Gasteiger partial charge in [0.15, 0.2) is 0 Å². The fourth-order valence-corrected chi connectivity index (χ4v) is 3.72. The van der Waals surface area contributed by atoms with Crippen LogP contribution in [-0.4, -0.2) is 24.8 Å². The third kappa shape index (κ3) is 3.35. The van der Waals surface area contributed by atoms with E-state index < -0.39 is 0 Å². The maximum absolute atomic E-state index is 8.84. The van der Waals surface area contributed by atoms with Gasteiger partial charge in [0, 0.05) is 19.1 Å². The minimum atomic E-state index is 0.342. The zero-order valence-electron chi connectivity index (χ0n) is 12.6. The summed E-state index contributed by atoms with van der Waals surface area (Å²) < 4.78 is 0. The summed E-state index contributed by atoms with van der Waals surface area (Å²) in [5, 5.41) is 9.46. The van der Waals surface area contributed by atoms with E-state index in [9.17, 15) is 0 Å². The normalized spacial score (nSPS) is 20.2. The molecule has 0 bridgehead atoms. The van der Waals surface area contributed by atoms with Crippen LogP contribution in [0.25, 0.3) is 0 Å². The van der Waals surface area contributed by atoms with Crippen LogP contribution in [0.3, 0.4) is 0 Å². The molecule has 2 fully saturated rings. The van der Waals surface area contributed by atoms with E-state index in [0.29, 0.717) is 11.9 Å². The first-order valence-corrected chi connectivity index (χ1v) is 8.31. The Balaban J connectivity index is 1.49. The van der Waals surface area contributed by atoms with E-state index in [1.165, 1.54) is 19.3 Å². The Labute approximate surface area is 132 Å². The van der Waals surface area contributed by atoms with Crippen molar-refractivity contribution in [1.82, 2.24) is 4.98 Å². The van der Waals surface area contributed by atoms with E-state index in [1.54, 1.807) is 0 Å². The van der Waals surface area contributed by atoms with Gasteiger partial charge in [-0.2, -0.15) is 0 Å². The van der Waals surface area contributed by atoms with Crippen molar-refractivity contribution in [2.24, 2.45) is 11.8 Å². The van der Waals surface area contributed by atoms with Crippen LogP contribution in [0.2, 0.25) is 17.8 Å². The van der Waals surface area contributed by atoms with E-state index in [4.69, 9.17) is 16.9 Å². The van der Waals surface area contributed by atoms with Crippen LogP contribution in [0.1, 0.15) is 24.8 Å². The predicted octanol–water partition coefficient (Wildman–Crippen LogP) is 3.84. The lowest BCUT2D eigenvalue weighted by molar-refractivity contribution is 0.326. The van der Waals surface area contributed by atoms with Gasteiger partial charge < -0.3 is 4.90 Å². The van der Waals surface area contributed by atoms with Gasteiger partial charge in [-0.05, 0) is 43.7 Å². The molecule has 2 aliphatic heterocycles. The number of hydrogen-bond donors (Lipinski definition) is 0. The fourth-order valence-electron chi connectivity index (χ4n) is 3.57. The predicted molar refractivity (Wildman–Crippen MR) is 88.0 cm³/mol. The van der Waals surface area contributed by atoms with Gasteiger partial charge in [-0.3, -0.25) is 0 Å². The molecule has 2 aliphatic rings. The van der Waals surface area contributed by atoms with Crippen LogP contribution in [0, 0.1) is 30.0 Å². The molecule has 0 N–H and O–H groups in total. The number of anilines is 1. The Hall–Kier alpha value is -1.21. The molecule has 1 aromatic heterocycles. The number of rotatable bonds is 3. The van der Waals surface area contributed by atoms with E-state index >= 15 is 0 Å². The maximum atomic E-state index is 8.84. The van der Waals surface area contributed by atoms with Gasteiger partial charge >= 0.3 is 0 Å². The average Bonchev–Trinajstić information content (AvgIpc) is 2.46. The topological polar surface area (TPSA) is 39.9 Å². The molecule has 3 heterocycles. The van der Waals surface area contributed by atoms with Gasteiger partial charge in [0.2, 0.25) is 0 Å². The molecule has 0 saturated carbocycles. The molecule has 0 aliphatic carbocycles. The van der Waals surface area contributed by atoms with Crippen molar-refractivity contribution in [3.05, 3.63) is 22.8 Å². The number of aromatic nitrogens is 1. The third-order valence-electron chi connectivity index (χ3n) is 5.04. The van der Waals surface area contributed by atoms with Crippen LogP contribution in [0.4, 0.5) is 5.82 Å². The number of aryl methyl sites for hydroxylation is 1. The molecule has 2 saturated heterocycles. The average molecular weight is 302 g/mol. The molecule has 1 aromatic rings. The van der Waals surface area contributed by atoms with Crippen molar-refractivity contribution in [3.63, 3.8) is 0 Å². The Morgan fingerprint density at radius 3 is 2.67 bits per heavy atom. The van der Waals surface area contributed by atoms with Gasteiger partial charge in [-0.1, -0.05) is 36.2 Å². The summed E-state index contributed by atoms with van der Waals surface area (Å²) in [7, 11) is 0. The molecule has 0 unspecified atom stereocenters. The van der Waals surface area contributed by atoms with E-state index in [2.05, 4.69) is 21.9 Å². The largest absolute Gasteiger partial charge is 0.357 e. The minimum absolute atomic E-state index is 0.342. The Morgan fingerprint density at radius 1 is 1.33 bits per heavy atom. The molecular formula is C16H21BClN3. The van der Waals surface area contributed by atoms with Gasteiger partial charge in [-0.25, -0.2) is 10.2 Å². The first-order chi connectivity index (χ1) is 10.2. The molecule has 21 heavy (non-hydrogen) atoms. The van der Waals surface area contributed by atoms with Crippen molar-refractivity contribution in [3.8, 4) is 5.97 Å². The lowest BCUT2D eigenvalue weighted by Crippen LogP contribution is -2.37. The smallest absolute Gasteiger partial charge is 0.268 e. The molecule has 0 radical (unpaired) electrons. The minimum Gasteiger partial charge on any atom is -0.357 e. The van der Waals surface area contributed by atoms with Crippen LogP contribution in [0.15, 0.2) is 12.1 Å². The highest BCUT2D eigenvalue weighted by Gasteiger charge is 2.35. The lowest BCUT2D eigenvalue weighted by atomic mass is 9.32. The number of pyridine rings is 1. The van der Waals surface area contributed by atoms with Gasteiger partial charge in [0.05, 0.1) is 0 Å². The monoisotopic (exact) mass is 301 g/mol. The van der Waals surface area contributed by atoms with Crippen LogP contribution in [-0.2, 0) is 0 Å². The zero-order chi connectivity index (χ0) is 14.8. The van der Waals surface area contributed by atoms with E-state index in [-0.39, 0.29) is 0 Å². The number of nitriles is 1. The van der Waals surface area contributed by atoms with Gasteiger partial charge in [0.1, 0.15) is 11.0 Å². The molecule has 0 spiro atoms. The highest BCUT2D eigenvalue weighted by Crippen LogP contribution is 2.37. The molecule has 0 amide bonds. The van der Waals surface area contributed by atoms with Crippen molar-refractivity contribution in [2.45, 2.75) is 38.8 Å². The molecule has 110 valence electrons. The number of nitrogens with zero attached hydrogens (tertiary/aromatic N) is 3. The molecule has 0 aromatic carbocycles. The highest BCUT2D eigenvalue weighted by atomic mass is 35.5. The number of hydrogen-bond acceptors (Lipinski definition) is 3. The third-order valence-corrected chi connectivity index (χ3v) is 5.43. The molecule has 3 rings (SSSR count). The second-order valence-electron chi connectivity index (χ2n) is 6.61. The summed E-state index contributed by atoms with van der Waals surface area (Å²) >= 11 is 6.12. The summed E-state index contributed by atoms with van der Waals surface area (Å²) in [4.78, 5) is 6.83. The fraction of sp³-hybridized carbons (Fsp3) is 0.625. The lowest BCUT2D eigenvalue weighted by Gasteiger charge is -2.37. The summed E-state index contributed by atoms with van der Waals surface area (Å²) in [6.07, 6.45) is 6.05. The van der Waals surface area contributed by atoms with Gasteiger partial charge in [-0.15, -0.1) is 0 Å². The molecular weight excluding hydrogens is 280 g/mol. The Morgan fingerprint density at radius 2 is 2.05 bits per heavy atom. The van der Waals surface area contributed by atoms with Crippen molar-refractivity contribution in [2.75, 3.05) is 18.0 Å². The SMILES string of the molecule is Cc1ccc(N2CCC(CC3CB(C#N)C3)CC2)nc1Cl. The molecule has 5 heteroatoms. The maximum Gasteiger partial charge on any atom is 0.268 e. The standard InChI is InChI=1S/C16H21BClN3/c1-12-2-3-15(20-16(12)18)21-6-4-13(5-7-21)8-14-9-17(10-14)11-19/h2-3,13-14H,4-10H2,1H3. The van der Waals surface area contributed by atoms with Crippen molar-refractivity contribution in [1.29, 1.82) is 5.26 Å². The summed E-state index contributed by atoms with van der Waals surface area (Å²) in [5.41, 5.74) is 1.03. The van der Waals surface area contributed by atoms with Crippen LogP contribution in [0.5, 0.6) is 0 Å². The van der Waals surface area contributed by atoms with Gasteiger partial charge in [0.25, 0.3) is 6.71 Å². The van der Waals surface area contributed by atoms with Crippen LogP contribution < -0.4 is 4.90 Å². The van der Waals surface area contributed by atoms with Crippen LogP contribution >= 0.6 is 11.6 Å². The van der Waals surface area contributed by atoms with Crippen molar-refractivity contribution < 1.29 is 0 Å². The number of piperidine rings is 1. The zero-order valence-corrected chi connectivity index (χ0v) is 13.3. The highest BCUT2D eigenvalue weighted by molar-refractivity contribution is 6.69. The second kappa shape index (κ2) is 6.28. The van der Waals surface area contributed by atoms with Crippen molar-refractivity contribution >= 4 is 24.1 Å². The Kier molecular flexibility index (Phi) is 4.40. The summed E-state index contributed by atoms with van der Waals surface area (Å²) in [6.45, 7) is 4.48. The molecule has 0 atom stereocenters. The Bertz CT molecular complexity index is 543. The second-order valence-corrected chi connectivity index (χ2v) is 6.96. The first kappa shape index (κ1) is 14.7. The summed E-state index contributed by atoms with van der Waals surface area (Å²) in [6, 6.07) is 4.12. The first-order valence-electron chi connectivity index (χ1n) is 7.93. The molecule has 3 nitrogen and oxygen atoms in total. The number of halogens is 1. The van der Waals surface area contributed by atoms with E-state index in [1.807, 2.05) is 13.0 Å². The summed E-state index contributed by atoms with van der Waals surface area (Å²) in [5.74, 6) is 5.02. The quantitative estimate of drug-likeness (QED) is 0.629. The van der Waals surface area contributed by atoms with E-state index in [0.717, 1.165) is 48.9 Å².